The second kappa shape index (κ2) is 8.84. The van der Waals surface area contributed by atoms with Crippen molar-refractivity contribution in [3.8, 4) is 0 Å². The summed E-state index contributed by atoms with van der Waals surface area (Å²) >= 11 is 11.8. The van der Waals surface area contributed by atoms with Crippen molar-refractivity contribution in [2.24, 2.45) is 5.73 Å². The molecule has 3 amide bonds. The number of hydrogen-bond donors (Lipinski definition) is 3. The molecule has 0 aliphatic rings. The minimum Gasteiger partial charge on any atom is -0.396 e. The zero-order valence-corrected chi connectivity index (χ0v) is 12.8. The predicted molar refractivity (Wildman–Crippen MR) is 81.2 cm³/mol. The molecule has 0 fully saturated rings. The Morgan fingerprint density at radius 3 is 2.57 bits per heavy atom. The van der Waals surface area contributed by atoms with Crippen LogP contribution in [0.25, 0.3) is 0 Å². The topological polar surface area (TPSA) is 95.7 Å². The van der Waals surface area contributed by atoms with Crippen LogP contribution in [0.3, 0.4) is 0 Å². The average Bonchev–Trinajstić information content (AvgIpc) is 2.39. The molecule has 1 aromatic carbocycles. The highest BCUT2D eigenvalue weighted by Crippen LogP contribution is 2.23. The number of nitrogens with one attached hydrogen (secondary N) is 1. The van der Waals surface area contributed by atoms with Gasteiger partial charge in [0.1, 0.15) is 0 Å². The van der Waals surface area contributed by atoms with E-state index in [2.05, 4.69) is 0 Å². The van der Waals surface area contributed by atoms with Crippen molar-refractivity contribution in [2.45, 2.75) is 13.0 Å². The third-order valence-corrected chi connectivity index (χ3v) is 3.39. The fourth-order valence-corrected chi connectivity index (χ4v) is 2.11. The number of benzene rings is 1. The quantitative estimate of drug-likeness (QED) is 0.702. The lowest BCUT2D eigenvalue weighted by Gasteiger charge is -2.21. The molecule has 6 nitrogen and oxygen atoms in total. The molecule has 0 unspecified atom stereocenters. The van der Waals surface area contributed by atoms with E-state index in [1.807, 2.05) is 5.32 Å². The van der Waals surface area contributed by atoms with Gasteiger partial charge < -0.3 is 10.8 Å². The van der Waals surface area contributed by atoms with Crippen molar-refractivity contribution >= 4 is 35.1 Å². The van der Waals surface area contributed by atoms with Gasteiger partial charge in [-0.2, -0.15) is 0 Å². The molecular formula is C13H17Cl2N3O3. The Morgan fingerprint density at radius 2 is 2.00 bits per heavy atom. The molecule has 0 heterocycles. The van der Waals surface area contributed by atoms with E-state index in [9.17, 15) is 9.59 Å². The first kappa shape index (κ1) is 17.7. The summed E-state index contributed by atoms with van der Waals surface area (Å²) in [6.07, 6.45) is 0.505. The third-order valence-electron chi connectivity index (χ3n) is 2.65. The summed E-state index contributed by atoms with van der Waals surface area (Å²) < 4.78 is 0. The maximum absolute atomic E-state index is 11.6. The Hall–Kier alpha value is -1.34. The molecule has 1 rings (SSSR count). The van der Waals surface area contributed by atoms with Gasteiger partial charge in [-0.1, -0.05) is 29.3 Å². The first-order valence-electron chi connectivity index (χ1n) is 6.28. The molecule has 1 aromatic rings. The van der Waals surface area contributed by atoms with Crippen LogP contribution in [0.15, 0.2) is 18.2 Å². The van der Waals surface area contributed by atoms with Crippen LogP contribution in [0.1, 0.15) is 12.0 Å². The number of hydrogen-bond acceptors (Lipinski definition) is 4. The van der Waals surface area contributed by atoms with Gasteiger partial charge in [0.15, 0.2) is 0 Å². The molecule has 0 bridgehead atoms. The van der Waals surface area contributed by atoms with Gasteiger partial charge in [-0.05, 0) is 24.1 Å². The summed E-state index contributed by atoms with van der Waals surface area (Å²) in [6.45, 7) is 0.921. The second-order valence-corrected chi connectivity index (χ2v) is 5.26. The second-order valence-electron chi connectivity index (χ2n) is 4.45. The van der Waals surface area contributed by atoms with E-state index in [-0.39, 0.29) is 13.2 Å². The molecule has 21 heavy (non-hydrogen) atoms. The van der Waals surface area contributed by atoms with Crippen LogP contribution in [-0.2, 0) is 11.3 Å². The molecule has 0 aliphatic carbocycles. The third kappa shape index (κ3) is 6.77. The first-order valence-corrected chi connectivity index (χ1v) is 7.04. The number of carbonyl (C=O) groups is 2. The minimum atomic E-state index is -0.892. The molecule has 116 valence electrons. The smallest absolute Gasteiger partial charge is 0.318 e. The highest BCUT2D eigenvalue weighted by atomic mass is 35.5. The molecular weight excluding hydrogens is 317 g/mol. The van der Waals surface area contributed by atoms with Gasteiger partial charge in [-0.25, -0.2) is 4.79 Å². The SMILES string of the molecule is NC(=O)NC(=O)CN(CCCO)Cc1ccc(Cl)c(Cl)c1. The predicted octanol–water partition coefficient (Wildman–Crippen LogP) is 1.37. The monoisotopic (exact) mass is 333 g/mol. The summed E-state index contributed by atoms with van der Waals surface area (Å²) in [5.74, 6) is -0.500. The average molecular weight is 334 g/mol. The zero-order chi connectivity index (χ0) is 15.8. The number of aliphatic hydroxyl groups is 1. The van der Waals surface area contributed by atoms with Crippen molar-refractivity contribution in [2.75, 3.05) is 19.7 Å². The highest BCUT2D eigenvalue weighted by molar-refractivity contribution is 6.42. The Labute approximate surface area is 132 Å². The van der Waals surface area contributed by atoms with Crippen LogP contribution in [0.5, 0.6) is 0 Å². The maximum Gasteiger partial charge on any atom is 0.318 e. The Balaban J connectivity index is 2.70. The van der Waals surface area contributed by atoms with E-state index in [4.69, 9.17) is 34.0 Å². The summed E-state index contributed by atoms with van der Waals surface area (Å²) in [5.41, 5.74) is 5.77. The van der Waals surface area contributed by atoms with Crippen molar-refractivity contribution in [3.05, 3.63) is 33.8 Å². The normalized spacial score (nSPS) is 10.7. The van der Waals surface area contributed by atoms with Gasteiger partial charge in [0.05, 0.1) is 16.6 Å². The van der Waals surface area contributed by atoms with Crippen LogP contribution in [0.2, 0.25) is 10.0 Å². The summed E-state index contributed by atoms with van der Waals surface area (Å²) in [4.78, 5) is 24.0. The van der Waals surface area contributed by atoms with Crippen molar-refractivity contribution in [1.29, 1.82) is 0 Å². The number of nitrogens with two attached hydrogens (primary N) is 1. The van der Waals surface area contributed by atoms with E-state index < -0.39 is 11.9 Å². The standard InChI is InChI=1S/C13H17Cl2N3O3/c14-10-3-2-9(6-11(10)15)7-18(4-1-5-19)8-12(20)17-13(16)21/h2-3,6,19H,1,4-5,7-8H2,(H3,16,17,20,21). The van der Waals surface area contributed by atoms with Gasteiger partial charge in [0, 0.05) is 19.7 Å². The lowest BCUT2D eigenvalue weighted by Crippen LogP contribution is -2.42. The number of carbonyl (C=O) groups excluding carboxylic acids is 2. The van der Waals surface area contributed by atoms with Gasteiger partial charge in [-0.15, -0.1) is 0 Å². The molecule has 0 saturated heterocycles. The Kier molecular flexibility index (Phi) is 7.45. The van der Waals surface area contributed by atoms with Gasteiger partial charge in [0.25, 0.3) is 0 Å². The Morgan fingerprint density at radius 1 is 1.29 bits per heavy atom. The van der Waals surface area contributed by atoms with Crippen LogP contribution in [-0.4, -0.2) is 41.6 Å². The highest BCUT2D eigenvalue weighted by Gasteiger charge is 2.13. The maximum atomic E-state index is 11.6. The Bertz CT molecular complexity index is 511. The number of rotatable bonds is 7. The van der Waals surface area contributed by atoms with Gasteiger partial charge in [-0.3, -0.25) is 15.0 Å². The number of aliphatic hydroxyl groups excluding tert-OH is 1. The molecule has 0 saturated carbocycles. The molecule has 0 spiro atoms. The summed E-state index contributed by atoms with van der Waals surface area (Å²) in [7, 11) is 0. The van der Waals surface area contributed by atoms with E-state index in [0.717, 1.165) is 5.56 Å². The van der Waals surface area contributed by atoms with Crippen molar-refractivity contribution in [3.63, 3.8) is 0 Å². The molecule has 0 aromatic heterocycles. The first-order chi connectivity index (χ1) is 9.92. The molecule has 0 atom stereocenters. The van der Waals surface area contributed by atoms with Crippen molar-refractivity contribution in [1.82, 2.24) is 10.2 Å². The number of urea groups is 1. The van der Waals surface area contributed by atoms with Crippen LogP contribution in [0.4, 0.5) is 4.79 Å². The largest absolute Gasteiger partial charge is 0.396 e. The number of nitrogens with zero attached hydrogens (tertiary/aromatic N) is 1. The van der Waals surface area contributed by atoms with Crippen LogP contribution in [0, 0.1) is 0 Å². The summed E-state index contributed by atoms with van der Waals surface area (Å²) in [6, 6.07) is 4.29. The lowest BCUT2D eigenvalue weighted by atomic mass is 10.2. The minimum absolute atomic E-state index is 0.00924. The number of amides is 3. The van der Waals surface area contributed by atoms with E-state index in [1.54, 1.807) is 23.1 Å². The van der Waals surface area contributed by atoms with Crippen molar-refractivity contribution < 1.29 is 14.7 Å². The number of halogens is 2. The molecule has 4 N–H and O–H groups in total. The number of imide groups is 1. The van der Waals surface area contributed by atoms with Crippen LogP contribution < -0.4 is 11.1 Å². The number of primary amides is 1. The van der Waals surface area contributed by atoms with E-state index >= 15 is 0 Å². The molecule has 0 aliphatic heterocycles. The van der Waals surface area contributed by atoms with Crippen LogP contribution >= 0.6 is 23.2 Å². The summed E-state index contributed by atoms with van der Waals surface area (Å²) in [5, 5.41) is 11.8. The lowest BCUT2D eigenvalue weighted by molar-refractivity contribution is -0.121. The van der Waals surface area contributed by atoms with Gasteiger partial charge in [0.2, 0.25) is 5.91 Å². The zero-order valence-electron chi connectivity index (χ0n) is 11.3. The fraction of sp³-hybridized carbons (Fsp3) is 0.385. The fourth-order valence-electron chi connectivity index (χ4n) is 1.78. The van der Waals surface area contributed by atoms with E-state index in [0.29, 0.717) is 29.6 Å². The molecule has 8 heteroatoms. The van der Waals surface area contributed by atoms with E-state index in [1.165, 1.54) is 0 Å². The molecule has 0 radical (unpaired) electrons. The van der Waals surface area contributed by atoms with Gasteiger partial charge >= 0.3 is 6.03 Å².